The molecule has 0 spiro atoms. The second-order valence-corrected chi connectivity index (χ2v) is 3.59. The van der Waals surface area contributed by atoms with Crippen LogP contribution in [-0.2, 0) is 4.74 Å². The van der Waals surface area contributed by atoms with Crippen molar-refractivity contribution in [2.24, 2.45) is 0 Å². The molecule has 14 heavy (non-hydrogen) atoms. The van der Waals surface area contributed by atoms with Crippen molar-refractivity contribution in [2.75, 3.05) is 33.4 Å². The van der Waals surface area contributed by atoms with E-state index < -0.39 is 0 Å². The number of nitrogens with one attached hydrogen (secondary N) is 1. The fraction of sp³-hybridized carbons (Fsp3) is 0.900. The molecule has 0 unspecified atom stereocenters. The van der Waals surface area contributed by atoms with Crippen LogP contribution >= 0.6 is 12.2 Å². The Balaban J connectivity index is 3.44. The fourth-order valence-corrected chi connectivity index (χ4v) is 1.15. The molecule has 84 valence electrons. The van der Waals surface area contributed by atoms with Crippen LogP contribution in [0.3, 0.4) is 0 Å². The molecular weight excluding hydrogens is 196 g/mol. The van der Waals surface area contributed by atoms with Gasteiger partial charge in [0.15, 0.2) is 5.11 Å². The van der Waals surface area contributed by atoms with Gasteiger partial charge in [-0.1, -0.05) is 13.3 Å². The summed E-state index contributed by atoms with van der Waals surface area (Å²) < 4.78 is 5.25. The molecule has 0 rings (SSSR count). The molecule has 0 radical (unpaired) electrons. The van der Waals surface area contributed by atoms with Gasteiger partial charge in [-0.2, -0.15) is 0 Å². The monoisotopic (exact) mass is 218 g/mol. The number of likely N-dealkylation sites (N-methyl/N-ethyl adjacent to an activating group) is 1. The van der Waals surface area contributed by atoms with Gasteiger partial charge in [0.1, 0.15) is 0 Å². The zero-order chi connectivity index (χ0) is 10.8. The van der Waals surface area contributed by atoms with E-state index in [0.29, 0.717) is 0 Å². The largest absolute Gasteiger partial charge is 0.380 e. The zero-order valence-corrected chi connectivity index (χ0v) is 10.3. The SMILES string of the molecule is CCCCNC(=S)N(C)CCOCC. The molecule has 1 N–H and O–H groups in total. The predicted molar refractivity (Wildman–Crippen MR) is 64.6 cm³/mol. The highest BCUT2D eigenvalue weighted by molar-refractivity contribution is 7.80. The van der Waals surface area contributed by atoms with Gasteiger partial charge < -0.3 is 15.0 Å². The summed E-state index contributed by atoms with van der Waals surface area (Å²) in [6.07, 6.45) is 2.36. The molecule has 0 aliphatic rings. The molecule has 0 saturated carbocycles. The molecular formula is C10H22N2OS. The van der Waals surface area contributed by atoms with Crippen LogP contribution in [0.4, 0.5) is 0 Å². The van der Waals surface area contributed by atoms with Crippen LogP contribution in [0.15, 0.2) is 0 Å². The van der Waals surface area contributed by atoms with E-state index in [9.17, 15) is 0 Å². The smallest absolute Gasteiger partial charge is 0.168 e. The van der Waals surface area contributed by atoms with Crippen molar-refractivity contribution in [2.45, 2.75) is 26.7 Å². The lowest BCUT2D eigenvalue weighted by Crippen LogP contribution is -2.39. The van der Waals surface area contributed by atoms with Crippen molar-refractivity contribution in [3.63, 3.8) is 0 Å². The zero-order valence-electron chi connectivity index (χ0n) is 9.51. The average molecular weight is 218 g/mol. The molecule has 0 aromatic carbocycles. The lowest BCUT2D eigenvalue weighted by Gasteiger charge is -2.20. The second kappa shape index (κ2) is 9.21. The molecule has 4 heteroatoms. The molecule has 0 aliphatic carbocycles. The summed E-state index contributed by atoms with van der Waals surface area (Å²) in [6, 6.07) is 0. The molecule has 0 heterocycles. The Hall–Kier alpha value is -0.350. The van der Waals surface area contributed by atoms with Gasteiger partial charge in [0.2, 0.25) is 0 Å². The number of ether oxygens (including phenoxy) is 1. The van der Waals surface area contributed by atoms with Gasteiger partial charge in [-0.05, 0) is 25.6 Å². The molecule has 0 aromatic rings. The van der Waals surface area contributed by atoms with E-state index in [2.05, 4.69) is 12.2 Å². The minimum Gasteiger partial charge on any atom is -0.380 e. The van der Waals surface area contributed by atoms with E-state index >= 15 is 0 Å². The lowest BCUT2D eigenvalue weighted by atomic mass is 10.3. The summed E-state index contributed by atoms with van der Waals surface area (Å²) in [5.74, 6) is 0. The Labute approximate surface area is 92.8 Å². The number of hydrogen-bond donors (Lipinski definition) is 1. The molecule has 0 fully saturated rings. The van der Waals surface area contributed by atoms with Gasteiger partial charge in [0, 0.05) is 26.7 Å². The van der Waals surface area contributed by atoms with Crippen molar-refractivity contribution < 1.29 is 4.74 Å². The summed E-state index contributed by atoms with van der Waals surface area (Å²) in [5, 5.41) is 4.03. The molecule has 0 amide bonds. The third-order valence-electron chi connectivity index (χ3n) is 1.93. The van der Waals surface area contributed by atoms with Crippen LogP contribution in [0.2, 0.25) is 0 Å². The Morgan fingerprint density at radius 3 is 2.71 bits per heavy atom. The maximum absolute atomic E-state index is 5.25. The lowest BCUT2D eigenvalue weighted by molar-refractivity contribution is 0.136. The summed E-state index contributed by atoms with van der Waals surface area (Å²) in [7, 11) is 1.99. The number of rotatable bonds is 7. The van der Waals surface area contributed by atoms with E-state index in [1.54, 1.807) is 0 Å². The van der Waals surface area contributed by atoms with Gasteiger partial charge in [-0.25, -0.2) is 0 Å². The maximum Gasteiger partial charge on any atom is 0.168 e. The highest BCUT2D eigenvalue weighted by Gasteiger charge is 2.01. The molecule has 0 saturated heterocycles. The van der Waals surface area contributed by atoms with Crippen molar-refractivity contribution >= 4 is 17.3 Å². The van der Waals surface area contributed by atoms with E-state index in [1.165, 1.54) is 12.8 Å². The third-order valence-corrected chi connectivity index (χ3v) is 2.38. The minimum absolute atomic E-state index is 0.739. The molecule has 0 atom stereocenters. The number of thiocarbonyl (C=S) groups is 1. The number of nitrogens with zero attached hydrogens (tertiary/aromatic N) is 1. The topological polar surface area (TPSA) is 24.5 Å². The molecule has 0 bridgehead atoms. The Kier molecular flexibility index (Phi) is 8.98. The molecule has 0 aromatic heterocycles. The quantitative estimate of drug-likeness (QED) is 0.518. The first-order valence-electron chi connectivity index (χ1n) is 5.29. The van der Waals surface area contributed by atoms with Gasteiger partial charge in [0.05, 0.1) is 6.61 Å². The predicted octanol–water partition coefficient (Wildman–Crippen LogP) is 1.63. The van der Waals surface area contributed by atoms with Crippen LogP contribution in [0.25, 0.3) is 0 Å². The first-order valence-corrected chi connectivity index (χ1v) is 5.69. The van der Waals surface area contributed by atoms with E-state index in [-0.39, 0.29) is 0 Å². The Morgan fingerprint density at radius 1 is 1.43 bits per heavy atom. The summed E-state index contributed by atoms with van der Waals surface area (Å²) >= 11 is 5.20. The first kappa shape index (κ1) is 13.7. The average Bonchev–Trinajstić information content (AvgIpc) is 2.18. The highest BCUT2D eigenvalue weighted by Crippen LogP contribution is 1.88. The van der Waals surface area contributed by atoms with E-state index in [4.69, 9.17) is 17.0 Å². The van der Waals surface area contributed by atoms with Gasteiger partial charge in [-0.15, -0.1) is 0 Å². The first-order chi connectivity index (χ1) is 6.72. The van der Waals surface area contributed by atoms with Crippen LogP contribution in [0.1, 0.15) is 26.7 Å². The molecule has 0 aliphatic heterocycles. The third kappa shape index (κ3) is 7.09. The highest BCUT2D eigenvalue weighted by atomic mass is 32.1. The Morgan fingerprint density at radius 2 is 2.14 bits per heavy atom. The van der Waals surface area contributed by atoms with Crippen LogP contribution in [-0.4, -0.2) is 43.4 Å². The second-order valence-electron chi connectivity index (χ2n) is 3.20. The van der Waals surface area contributed by atoms with Gasteiger partial charge >= 0.3 is 0 Å². The summed E-state index contributed by atoms with van der Waals surface area (Å²) in [6.45, 7) is 7.49. The van der Waals surface area contributed by atoms with Crippen LogP contribution in [0.5, 0.6) is 0 Å². The van der Waals surface area contributed by atoms with Gasteiger partial charge in [-0.3, -0.25) is 0 Å². The van der Waals surface area contributed by atoms with E-state index in [0.717, 1.165) is 31.4 Å². The molecule has 3 nitrogen and oxygen atoms in total. The maximum atomic E-state index is 5.25. The Bertz CT molecular complexity index is 153. The normalized spacial score (nSPS) is 9.93. The van der Waals surface area contributed by atoms with Crippen molar-refractivity contribution in [1.29, 1.82) is 0 Å². The summed E-state index contributed by atoms with van der Waals surface area (Å²) in [5.41, 5.74) is 0. The van der Waals surface area contributed by atoms with E-state index in [1.807, 2.05) is 18.9 Å². The van der Waals surface area contributed by atoms with Crippen LogP contribution in [0, 0.1) is 0 Å². The number of hydrogen-bond acceptors (Lipinski definition) is 2. The van der Waals surface area contributed by atoms with Crippen LogP contribution < -0.4 is 5.32 Å². The van der Waals surface area contributed by atoms with Crippen molar-refractivity contribution in [3.05, 3.63) is 0 Å². The van der Waals surface area contributed by atoms with Gasteiger partial charge in [0.25, 0.3) is 0 Å². The summed E-state index contributed by atoms with van der Waals surface area (Å²) in [4.78, 5) is 2.01. The minimum atomic E-state index is 0.739. The fourth-order valence-electron chi connectivity index (χ4n) is 0.954. The van der Waals surface area contributed by atoms with Crippen molar-refractivity contribution in [3.8, 4) is 0 Å². The standard InChI is InChI=1S/C10H22N2OS/c1-4-6-7-11-10(14)12(3)8-9-13-5-2/h4-9H2,1-3H3,(H,11,14). The number of unbranched alkanes of at least 4 members (excludes halogenated alkanes) is 1. The van der Waals surface area contributed by atoms with Crippen molar-refractivity contribution in [1.82, 2.24) is 10.2 Å².